The third-order valence-corrected chi connectivity index (χ3v) is 4.99. The third kappa shape index (κ3) is 4.57. The summed E-state index contributed by atoms with van der Waals surface area (Å²) in [6.07, 6.45) is 0. The Kier molecular flexibility index (Phi) is 5.46. The van der Waals surface area contributed by atoms with Crippen LogP contribution in [0.2, 0.25) is 5.02 Å². The van der Waals surface area contributed by atoms with E-state index in [2.05, 4.69) is 15.4 Å². The number of thiocarbonyl (C=S) groups is 1. The fourth-order valence-electron chi connectivity index (χ4n) is 1.85. The number of rotatable bonds is 4. The van der Waals surface area contributed by atoms with Crippen LogP contribution in [0.15, 0.2) is 47.4 Å². The molecule has 2 aromatic carbocycles. The second-order valence-corrected chi connectivity index (χ2v) is 7.32. The molecule has 0 fully saturated rings. The van der Waals surface area contributed by atoms with Gasteiger partial charge in [0.05, 0.1) is 10.6 Å². The fraction of sp³-hybridized carbons (Fsp3) is 0.133. The summed E-state index contributed by atoms with van der Waals surface area (Å²) in [7, 11) is -2.04. The van der Waals surface area contributed by atoms with Crippen LogP contribution in [-0.4, -0.2) is 20.6 Å². The monoisotopic (exact) mass is 369 g/mol. The molecule has 0 heterocycles. The van der Waals surface area contributed by atoms with Gasteiger partial charge in [-0.05, 0) is 55.0 Å². The highest BCUT2D eigenvalue weighted by atomic mass is 35.5. The van der Waals surface area contributed by atoms with E-state index in [1.807, 2.05) is 6.92 Å². The minimum Gasteiger partial charge on any atom is -0.366 e. The molecule has 0 unspecified atom stereocenters. The van der Waals surface area contributed by atoms with Crippen LogP contribution >= 0.6 is 23.8 Å². The Labute approximate surface area is 146 Å². The number of nitrogens with one attached hydrogen (secondary N) is 3. The second kappa shape index (κ2) is 7.16. The number of aryl methyl sites for hydroxylation is 1. The first-order valence-corrected chi connectivity index (χ1v) is 8.96. The van der Waals surface area contributed by atoms with E-state index in [1.165, 1.54) is 12.1 Å². The van der Waals surface area contributed by atoms with Gasteiger partial charge in [-0.25, -0.2) is 8.42 Å². The summed E-state index contributed by atoms with van der Waals surface area (Å²) < 4.78 is 27.5. The molecule has 0 aliphatic heterocycles. The van der Waals surface area contributed by atoms with Gasteiger partial charge in [-0.3, -0.25) is 4.72 Å². The van der Waals surface area contributed by atoms with E-state index in [0.29, 0.717) is 21.5 Å². The van der Waals surface area contributed by atoms with E-state index in [1.54, 1.807) is 37.4 Å². The summed E-state index contributed by atoms with van der Waals surface area (Å²) >= 11 is 10.9. The van der Waals surface area contributed by atoms with Crippen LogP contribution in [0.5, 0.6) is 0 Å². The van der Waals surface area contributed by atoms with Gasteiger partial charge in [-0.1, -0.05) is 23.7 Å². The molecule has 23 heavy (non-hydrogen) atoms. The first-order valence-electron chi connectivity index (χ1n) is 6.69. The summed E-state index contributed by atoms with van der Waals surface area (Å²) in [6.45, 7) is 1.86. The molecule has 8 heteroatoms. The maximum absolute atomic E-state index is 12.5. The predicted molar refractivity (Wildman–Crippen MR) is 98.7 cm³/mol. The lowest BCUT2D eigenvalue weighted by molar-refractivity contribution is 0.601. The maximum Gasteiger partial charge on any atom is 0.261 e. The van der Waals surface area contributed by atoms with Crippen LogP contribution < -0.4 is 15.4 Å². The van der Waals surface area contributed by atoms with Crippen molar-refractivity contribution in [2.45, 2.75) is 11.8 Å². The second-order valence-electron chi connectivity index (χ2n) is 4.80. The molecule has 122 valence electrons. The summed E-state index contributed by atoms with van der Waals surface area (Å²) in [5.74, 6) is 0. The van der Waals surface area contributed by atoms with E-state index < -0.39 is 10.0 Å². The quantitative estimate of drug-likeness (QED) is 0.721. The molecule has 0 aliphatic carbocycles. The molecule has 0 bridgehead atoms. The summed E-state index contributed by atoms with van der Waals surface area (Å²) in [5.41, 5.74) is 1.90. The molecule has 5 nitrogen and oxygen atoms in total. The van der Waals surface area contributed by atoms with Gasteiger partial charge in [0.15, 0.2) is 5.11 Å². The van der Waals surface area contributed by atoms with Crippen molar-refractivity contribution in [1.29, 1.82) is 0 Å². The fourth-order valence-corrected chi connectivity index (χ4v) is 3.23. The molecule has 0 amide bonds. The van der Waals surface area contributed by atoms with Crippen LogP contribution in [-0.2, 0) is 10.0 Å². The van der Waals surface area contributed by atoms with Crippen molar-refractivity contribution in [3.8, 4) is 0 Å². The van der Waals surface area contributed by atoms with Gasteiger partial charge in [0.25, 0.3) is 10.0 Å². The molecule has 0 aliphatic rings. The number of sulfonamides is 1. The largest absolute Gasteiger partial charge is 0.366 e. The molecular weight excluding hydrogens is 354 g/mol. The van der Waals surface area contributed by atoms with Gasteiger partial charge in [0.2, 0.25) is 0 Å². The lowest BCUT2D eigenvalue weighted by Gasteiger charge is -2.13. The Hall–Kier alpha value is -1.83. The predicted octanol–water partition coefficient (Wildman–Crippen LogP) is 3.37. The zero-order chi connectivity index (χ0) is 17.0. The van der Waals surface area contributed by atoms with Crippen molar-refractivity contribution in [2.24, 2.45) is 0 Å². The smallest absolute Gasteiger partial charge is 0.261 e. The number of hydrogen-bond acceptors (Lipinski definition) is 3. The van der Waals surface area contributed by atoms with Crippen LogP contribution in [0.1, 0.15) is 5.56 Å². The van der Waals surface area contributed by atoms with E-state index in [0.717, 1.165) is 5.56 Å². The highest BCUT2D eigenvalue weighted by molar-refractivity contribution is 7.92. The molecule has 0 spiro atoms. The van der Waals surface area contributed by atoms with Crippen LogP contribution in [0.4, 0.5) is 11.4 Å². The van der Waals surface area contributed by atoms with Crippen LogP contribution in [0, 0.1) is 6.92 Å². The molecule has 2 aromatic rings. The van der Waals surface area contributed by atoms with Crippen molar-refractivity contribution in [1.82, 2.24) is 5.32 Å². The Morgan fingerprint density at radius 2 is 1.91 bits per heavy atom. The molecular formula is C15H16ClN3O2S2. The van der Waals surface area contributed by atoms with E-state index >= 15 is 0 Å². The van der Waals surface area contributed by atoms with Crippen molar-refractivity contribution >= 4 is 50.3 Å². The minimum absolute atomic E-state index is 0.129. The molecule has 0 saturated heterocycles. The summed E-state index contributed by atoms with van der Waals surface area (Å²) in [5, 5.41) is 6.60. The lowest BCUT2D eigenvalue weighted by atomic mass is 10.2. The Morgan fingerprint density at radius 1 is 1.17 bits per heavy atom. The molecule has 0 aromatic heterocycles. The number of halogens is 1. The van der Waals surface area contributed by atoms with Gasteiger partial charge in [0, 0.05) is 17.8 Å². The SMILES string of the molecule is CNC(=S)Nc1cc(S(=O)(=O)Nc2cccc(Cl)c2)ccc1C. The zero-order valence-electron chi connectivity index (χ0n) is 12.6. The standard InChI is InChI=1S/C15H16ClN3O2S2/c1-10-6-7-13(9-14(10)18-15(22)17-2)23(20,21)19-12-5-3-4-11(16)8-12/h3-9,19H,1-2H3,(H2,17,18,22). The Bertz CT molecular complexity index is 838. The van der Waals surface area contributed by atoms with Gasteiger partial charge >= 0.3 is 0 Å². The topological polar surface area (TPSA) is 70.2 Å². The average Bonchev–Trinajstić information content (AvgIpc) is 2.48. The first-order chi connectivity index (χ1) is 10.8. The van der Waals surface area contributed by atoms with Crippen molar-refractivity contribution in [2.75, 3.05) is 17.1 Å². The number of anilines is 2. The molecule has 2 rings (SSSR count). The molecule has 3 N–H and O–H groups in total. The highest BCUT2D eigenvalue weighted by Gasteiger charge is 2.16. The Balaban J connectivity index is 2.32. The van der Waals surface area contributed by atoms with Gasteiger partial charge < -0.3 is 10.6 Å². The van der Waals surface area contributed by atoms with Crippen molar-refractivity contribution < 1.29 is 8.42 Å². The van der Waals surface area contributed by atoms with Crippen LogP contribution in [0.3, 0.4) is 0 Å². The lowest BCUT2D eigenvalue weighted by Crippen LogP contribution is -2.24. The average molecular weight is 370 g/mol. The van der Waals surface area contributed by atoms with Gasteiger partial charge in [-0.15, -0.1) is 0 Å². The van der Waals surface area contributed by atoms with Gasteiger partial charge in [0.1, 0.15) is 0 Å². The molecule has 0 radical (unpaired) electrons. The van der Waals surface area contributed by atoms with Crippen molar-refractivity contribution in [3.63, 3.8) is 0 Å². The number of hydrogen-bond donors (Lipinski definition) is 3. The Morgan fingerprint density at radius 3 is 2.57 bits per heavy atom. The number of benzene rings is 2. The minimum atomic E-state index is -3.72. The van der Waals surface area contributed by atoms with E-state index in [9.17, 15) is 8.42 Å². The summed E-state index contributed by atoms with van der Waals surface area (Å²) in [6, 6.07) is 11.3. The van der Waals surface area contributed by atoms with Crippen LogP contribution in [0.25, 0.3) is 0 Å². The highest BCUT2D eigenvalue weighted by Crippen LogP contribution is 2.23. The molecule has 0 atom stereocenters. The van der Waals surface area contributed by atoms with E-state index in [4.69, 9.17) is 23.8 Å². The zero-order valence-corrected chi connectivity index (χ0v) is 14.9. The van der Waals surface area contributed by atoms with Gasteiger partial charge in [-0.2, -0.15) is 0 Å². The first kappa shape index (κ1) is 17.5. The molecule has 0 saturated carbocycles. The van der Waals surface area contributed by atoms with E-state index in [-0.39, 0.29) is 4.90 Å². The third-order valence-electron chi connectivity index (χ3n) is 3.07. The summed E-state index contributed by atoms with van der Waals surface area (Å²) in [4.78, 5) is 0.129. The maximum atomic E-state index is 12.5. The van der Waals surface area contributed by atoms with Crippen molar-refractivity contribution in [3.05, 3.63) is 53.1 Å². The normalized spacial score (nSPS) is 10.9.